The highest BCUT2D eigenvalue weighted by Crippen LogP contribution is 2.13. The van der Waals surface area contributed by atoms with Crippen molar-refractivity contribution in [3.05, 3.63) is 18.5 Å². The van der Waals surface area contributed by atoms with Crippen molar-refractivity contribution in [2.45, 2.75) is 33.7 Å². The Kier molecular flexibility index (Phi) is 6.50. The lowest BCUT2D eigenvalue weighted by molar-refractivity contribution is 0.295. The molecule has 0 aromatic carbocycles. The molecule has 0 radical (unpaired) electrons. The van der Waals surface area contributed by atoms with Crippen molar-refractivity contribution in [3.63, 3.8) is 0 Å². The predicted molar refractivity (Wildman–Crippen MR) is 79.3 cm³/mol. The first kappa shape index (κ1) is 14.8. The third kappa shape index (κ3) is 4.92. The zero-order valence-electron chi connectivity index (χ0n) is 12.0. The first-order valence-electron chi connectivity index (χ1n) is 6.87. The van der Waals surface area contributed by atoms with Crippen LogP contribution < -0.4 is 10.6 Å². The number of likely N-dealkylation sites (N-methyl/N-ethyl adjacent to an activating group) is 1. The van der Waals surface area contributed by atoms with Crippen molar-refractivity contribution in [1.29, 1.82) is 0 Å². The Balaban J connectivity index is 2.52. The molecule has 18 heavy (non-hydrogen) atoms. The summed E-state index contributed by atoms with van der Waals surface area (Å²) in [4.78, 5) is 6.65. The maximum Gasteiger partial charge on any atom is 0.0549 e. The van der Waals surface area contributed by atoms with E-state index in [2.05, 4.69) is 54.3 Å². The molecule has 0 saturated carbocycles. The fourth-order valence-corrected chi connectivity index (χ4v) is 2.02. The van der Waals surface area contributed by atoms with E-state index in [9.17, 15) is 0 Å². The molecule has 1 aromatic heterocycles. The third-order valence-electron chi connectivity index (χ3n) is 2.96. The zero-order valence-corrected chi connectivity index (χ0v) is 12.0. The molecule has 1 heterocycles. The molecule has 0 aliphatic rings. The minimum absolute atomic E-state index is 0.420. The van der Waals surface area contributed by atoms with E-state index in [4.69, 9.17) is 0 Å². The molecule has 0 amide bonds. The number of pyridine rings is 1. The van der Waals surface area contributed by atoms with Crippen molar-refractivity contribution in [2.75, 3.05) is 36.8 Å². The lowest BCUT2D eigenvalue weighted by atomic mass is 10.2. The summed E-state index contributed by atoms with van der Waals surface area (Å²) in [6.07, 6.45) is 3.73. The van der Waals surface area contributed by atoms with Gasteiger partial charge in [-0.25, -0.2) is 0 Å². The van der Waals surface area contributed by atoms with Crippen LogP contribution in [0.15, 0.2) is 18.5 Å². The van der Waals surface area contributed by atoms with Crippen molar-refractivity contribution in [2.24, 2.45) is 0 Å². The topological polar surface area (TPSA) is 40.2 Å². The quantitative estimate of drug-likeness (QED) is 0.744. The van der Waals surface area contributed by atoms with Gasteiger partial charge in [-0.05, 0) is 33.0 Å². The van der Waals surface area contributed by atoms with Gasteiger partial charge in [-0.1, -0.05) is 13.8 Å². The van der Waals surface area contributed by atoms with Gasteiger partial charge in [-0.15, -0.1) is 0 Å². The second kappa shape index (κ2) is 7.93. The molecule has 0 aliphatic heterocycles. The highest BCUT2D eigenvalue weighted by molar-refractivity contribution is 5.54. The Hall–Kier alpha value is -1.29. The van der Waals surface area contributed by atoms with E-state index in [1.165, 1.54) is 0 Å². The van der Waals surface area contributed by atoms with E-state index in [0.29, 0.717) is 6.04 Å². The maximum atomic E-state index is 4.24. The number of rotatable bonds is 8. The minimum atomic E-state index is 0.420. The van der Waals surface area contributed by atoms with E-state index in [1.807, 2.05) is 12.4 Å². The van der Waals surface area contributed by atoms with Gasteiger partial charge in [0.2, 0.25) is 0 Å². The Bertz CT molecular complexity index is 336. The summed E-state index contributed by atoms with van der Waals surface area (Å²) in [6.45, 7) is 12.9. The van der Waals surface area contributed by atoms with Crippen molar-refractivity contribution < 1.29 is 0 Å². The van der Waals surface area contributed by atoms with Gasteiger partial charge < -0.3 is 15.5 Å². The van der Waals surface area contributed by atoms with Crippen LogP contribution in [0, 0.1) is 0 Å². The number of nitrogens with one attached hydrogen (secondary N) is 2. The van der Waals surface area contributed by atoms with Gasteiger partial charge in [-0.2, -0.15) is 0 Å². The summed E-state index contributed by atoms with van der Waals surface area (Å²) in [5, 5.41) is 6.77. The minimum Gasteiger partial charge on any atom is -0.384 e. The predicted octanol–water partition coefficient (Wildman–Crippen LogP) is 2.66. The largest absolute Gasteiger partial charge is 0.384 e. The van der Waals surface area contributed by atoms with E-state index in [1.54, 1.807) is 0 Å². The Morgan fingerprint density at radius 3 is 2.44 bits per heavy atom. The van der Waals surface area contributed by atoms with Crippen LogP contribution in [0.25, 0.3) is 0 Å². The Morgan fingerprint density at radius 2 is 1.83 bits per heavy atom. The molecule has 4 nitrogen and oxygen atoms in total. The van der Waals surface area contributed by atoms with Crippen LogP contribution in [0.1, 0.15) is 27.7 Å². The van der Waals surface area contributed by atoms with Crippen LogP contribution >= 0.6 is 0 Å². The van der Waals surface area contributed by atoms with E-state index in [-0.39, 0.29) is 0 Å². The summed E-state index contributed by atoms with van der Waals surface area (Å²) in [6, 6.07) is 2.53. The number of nitrogens with zero attached hydrogens (tertiary/aromatic N) is 2. The summed E-state index contributed by atoms with van der Waals surface area (Å²) in [5.41, 5.74) is 2.14. The summed E-state index contributed by atoms with van der Waals surface area (Å²) >= 11 is 0. The summed E-state index contributed by atoms with van der Waals surface area (Å²) in [5.74, 6) is 0. The zero-order chi connectivity index (χ0) is 13.4. The molecular weight excluding hydrogens is 224 g/mol. The molecule has 0 bridgehead atoms. The van der Waals surface area contributed by atoms with Crippen LogP contribution in [-0.2, 0) is 0 Å². The monoisotopic (exact) mass is 250 g/mol. The first-order chi connectivity index (χ1) is 8.69. The normalized spacial score (nSPS) is 12.5. The van der Waals surface area contributed by atoms with Gasteiger partial charge in [0.15, 0.2) is 0 Å². The first-order valence-corrected chi connectivity index (χ1v) is 6.87. The molecular formula is C14H26N4. The van der Waals surface area contributed by atoms with Crippen LogP contribution in [0.3, 0.4) is 0 Å². The fraction of sp³-hybridized carbons (Fsp3) is 0.643. The van der Waals surface area contributed by atoms with Gasteiger partial charge in [0, 0.05) is 19.1 Å². The van der Waals surface area contributed by atoms with Crippen LogP contribution in [0.2, 0.25) is 0 Å². The molecule has 1 unspecified atom stereocenters. The average Bonchev–Trinajstić information content (AvgIpc) is 2.36. The van der Waals surface area contributed by atoms with E-state index < -0.39 is 0 Å². The molecule has 1 rings (SSSR count). The molecule has 0 spiro atoms. The van der Waals surface area contributed by atoms with Crippen LogP contribution in [0.4, 0.5) is 11.4 Å². The Morgan fingerprint density at radius 1 is 1.17 bits per heavy atom. The summed E-state index contributed by atoms with van der Waals surface area (Å²) < 4.78 is 0. The second-order valence-electron chi connectivity index (χ2n) is 4.52. The molecule has 0 saturated heterocycles. The standard InChI is InChI=1S/C14H26N4/c1-5-16-13-8-14(10-15-9-13)17-12(4)11-18(6-2)7-3/h8-10,12,16-17H,5-7,11H2,1-4H3. The molecule has 4 heteroatoms. The van der Waals surface area contributed by atoms with E-state index in [0.717, 1.165) is 37.6 Å². The number of anilines is 2. The van der Waals surface area contributed by atoms with Gasteiger partial charge >= 0.3 is 0 Å². The molecule has 0 fully saturated rings. The lowest BCUT2D eigenvalue weighted by Gasteiger charge is -2.24. The van der Waals surface area contributed by atoms with Gasteiger partial charge in [0.25, 0.3) is 0 Å². The molecule has 0 aliphatic carbocycles. The fourth-order valence-electron chi connectivity index (χ4n) is 2.02. The highest BCUT2D eigenvalue weighted by atomic mass is 15.1. The second-order valence-corrected chi connectivity index (χ2v) is 4.52. The number of hydrogen-bond acceptors (Lipinski definition) is 4. The van der Waals surface area contributed by atoms with Crippen molar-refractivity contribution in [3.8, 4) is 0 Å². The summed E-state index contributed by atoms with van der Waals surface area (Å²) in [7, 11) is 0. The van der Waals surface area contributed by atoms with Crippen molar-refractivity contribution in [1.82, 2.24) is 9.88 Å². The maximum absolute atomic E-state index is 4.24. The number of hydrogen-bond donors (Lipinski definition) is 2. The van der Waals surface area contributed by atoms with Gasteiger partial charge in [0.05, 0.1) is 23.8 Å². The number of aromatic nitrogens is 1. The van der Waals surface area contributed by atoms with Crippen LogP contribution in [0.5, 0.6) is 0 Å². The Labute approximate surface area is 111 Å². The smallest absolute Gasteiger partial charge is 0.0549 e. The molecule has 1 aromatic rings. The third-order valence-corrected chi connectivity index (χ3v) is 2.96. The highest BCUT2D eigenvalue weighted by Gasteiger charge is 2.07. The van der Waals surface area contributed by atoms with Gasteiger partial charge in [-0.3, -0.25) is 4.98 Å². The SMILES string of the molecule is CCNc1cncc(NC(C)CN(CC)CC)c1. The average molecular weight is 250 g/mol. The molecule has 102 valence electrons. The van der Waals surface area contributed by atoms with E-state index >= 15 is 0 Å². The molecule has 2 N–H and O–H groups in total. The lowest BCUT2D eigenvalue weighted by Crippen LogP contribution is -2.34. The van der Waals surface area contributed by atoms with Crippen LogP contribution in [-0.4, -0.2) is 42.1 Å². The molecule has 1 atom stereocenters. The van der Waals surface area contributed by atoms with Gasteiger partial charge in [0.1, 0.15) is 0 Å². The van der Waals surface area contributed by atoms with Crippen molar-refractivity contribution >= 4 is 11.4 Å².